The number of H-pyrrole nitrogens is 1. The zero-order chi connectivity index (χ0) is 24.9. The first kappa shape index (κ1) is 24.2. The predicted octanol–water partition coefficient (Wildman–Crippen LogP) is 6.16. The molecule has 7 nitrogen and oxygen atoms in total. The second kappa shape index (κ2) is 11.0. The molecule has 4 aromatic rings. The summed E-state index contributed by atoms with van der Waals surface area (Å²) in [6.45, 7) is 2.74. The highest BCUT2D eigenvalue weighted by Gasteiger charge is 2.22. The Kier molecular flexibility index (Phi) is 7.39. The first-order chi connectivity index (χ1) is 17.5. The van der Waals surface area contributed by atoms with E-state index in [4.69, 9.17) is 26.8 Å². The van der Waals surface area contributed by atoms with Crippen LogP contribution in [0.25, 0.3) is 22.4 Å². The minimum absolute atomic E-state index is 0.374. The number of piperidine rings is 1. The van der Waals surface area contributed by atoms with Gasteiger partial charge in [0, 0.05) is 29.2 Å². The van der Waals surface area contributed by atoms with Gasteiger partial charge in [-0.05, 0) is 79.9 Å². The maximum atomic E-state index is 11.0. The summed E-state index contributed by atoms with van der Waals surface area (Å²) in [6.07, 6.45) is 3.86. The molecule has 1 atom stereocenters. The molecule has 1 saturated heterocycles. The Morgan fingerprint density at radius 1 is 1.06 bits per heavy atom. The van der Waals surface area contributed by atoms with Crippen LogP contribution in [0.1, 0.15) is 31.2 Å². The molecule has 3 aromatic carbocycles. The molecule has 8 heteroatoms. The summed E-state index contributed by atoms with van der Waals surface area (Å²) < 4.78 is 11.0. The number of imidazole rings is 1. The zero-order valence-electron chi connectivity index (χ0n) is 20.0. The van der Waals surface area contributed by atoms with Gasteiger partial charge in [-0.1, -0.05) is 30.2 Å². The van der Waals surface area contributed by atoms with Crippen molar-refractivity contribution in [3.63, 3.8) is 0 Å². The SMILES string of the molecule is NC(=O)Oc1ccc2nc(-c3ccc(OCCC4CCCCN4Cc4ccc(Cl)cc4)cc3)[nH]c2c1. The van der Waals surface area contributed by atoms with E-state index in [9.17, 15) is 4.79 Å². The number of carbonyl (C=O) groups is 1. The number of likely N-dealkylation sites (tertiary alicyclic amines) is 1. The molecule has 5 rings (SSSR count). The Morgan fingerprint density at radius 3 is 2.61 bits per heavy atom. The van der Waals surface area contributed by atoms with Gasteiger partial charge in [0.2, 0.25) is 0 Å². The molecule has 2 heterocycles. The number of carbonyl (C=O) groups excluding carboxylic acids is 1. The Morgan fingerprint density at radius 2 is 1.83 bits per heavy atom. The van der Waals surface area contributed by atoms with Crippen LogP contribution in [0, 0.1) is 0 Å². The van der Waals surface area contributed by atoms with Crippen LogP contribution in [0.3, 0.4) is 0 Å². The molecule has 36 heavy (non-hydrogen) atoms. The van der Waals surface area contributed by atoms with Crippen molar-refractivity contribution >= 4 is 28.7 Å². The fourth-order valence-corrected chi connectivity index (χ4v) is 4.87. The van der Waals surface area contributed by atoms with E-state index in [0.29, 0.717) is 18.4 Å². The van der Waals surface area contributed by atoms with Crippen LogP contribution in [0.4, 0.5) is 4.79 Å². The number of nitrogens with one attached hydrogen (secondary N) is 1. The summed E-state index contributed by atoms with van der Waals surface area (Å²) in [5, 5.41) is 0.776. The molecule has 1 amide bonds. The van der Waals surface area contributed by atoms with Crippen LogP contribution in [0.2, 0.25) is 5.02 Å². The number of aromatic nitrogens is 2. The van der Waals surface area contributed by atoms with Gasteiger partial charge in [-0.2, -0.15) is 0 Å². The third-order valence-electron chi connectivity index (χ3n) is 6.57. The van der Waals surface area contributed by atoms with Crippen molar-refractivity contribution in [1.29, 1.82) is 0 Å². The number of rotatable bonds is 8. The summed E-state index contributed by atoms with van der Waals surface area (Å²) in [6, 6.07) is 21.7. The van der Waals surface area contributed by atoms with E-state index in [1.807, 2.05) is 36.4 Å². The monoisotopic (exact) mass is 504 g/mol. The molecule has 3 N–H and O–H groups in total. The average Bonchev–Trinajstić information content (AvgIpc) is 3.30. The van der Waals surface area contributed by atoms with Crippen LogP contribution in [-0.2, 0) is 6.54 Å². The van der Waals surface area contributed by atoms with E-state index >= 15 is 0 Å². The summed E-state index contributed by atoms with van der Waals surface area (Å²) >= 11 is 6.04. The quantitative estimate of drug-likeness (QED) is 0.299. The third-order valence-corrected chi connectivity index (χ3v) is 6.82. The molecule has 1 aliphatic rings. The average molecular weight is 505 g/mol. The highest BCUT2D eigenvalue weighted by Crippen LogP contribution is 2.26. The lowest BCUT2D eigenvalue weighted by Gasteiger charge is -2.35. The number of halogens is 1. The fraction of sp³-hybridized carbons (Fsp3) is 0.286. The van der Waals surface area contributed by atoms with Crippen molar-refractivity contribution in [2.45, 2.75) is 38.3 Å². The van der Waals surface area contributed by atoms with Gasteiger partial charge in [0.05, 0.1) is 17.6 Å². The van der Waals surface area contributed by atoms with Crippen molar-refractivity contribution in [2.24, 2.45) is 5.73 Å². The first-order valence-corrected chi connectivity index (χ1v) is 12.6. The molecule has 1 aliphatic heterocycles. The fourth-order valence-electron chi connectivity index (χ4n) is 4.75. The largest absolute Gasteiger partial charge is 0.494 e. The van der Waals surface area contributed by atoms with Gasteiger partial charge in [-0.15, -0.1) is 0 Å². The molecular weight excluding hydrogens is 476 g/mol. The highest BCUT2D eigenvalue weighted by molar-refractivity contribution is 6.30. The molecule has 0 spiro atoms. The normalized spacial score (nSPS) is 16.2. The topological polar surface area (TPSA) is 93.5 Å². The molecular formula is C28H29ClN4O3. The minimum atomic E-state index is -0.845. The number of hydrogen-bond donors (Lipinski definition) is 2. The number of aromatic amines is 1. The van der Waals surface area contributed by atoms with Gasteiger partial charge in [0.25, 0.3) is 0 Å². The number of hydrogen-bond acceptors (Lipinski definition) is 5. The lowest BCUT2D eigenvalue weighted by molar-refractivity contribution is 0.116. The van der Waals surface area contributed by atoms with Crippen molar-refractivity contribution in [1.82, 2.24) is 14.9 Å². The van der Waals surface area contributed by atoms with Crippen molar-refractivity contribution in [3.05, 3.63) is 77.3 Å². The highest BCUT2D eigenvalue weighted by atomic mass is 35.5. The minimum Gasteiger partial charge on any atom is -0.494 e. The van der Waals surface area contributed by atoms with Crippen LogP contribution in [0.5, 0.6) is 11.5 Å². The van der Waals surface area contributed by atoms with Crippen molar-refractivity contribution < 1.29 is 14.3 Å². The third kappa shape index (κ3) is 5.98. The Balaban J connectivity index is 1.17. The van der Waals surface area contributed by atoms with E-state index in [1.54, 1.807) is 18.2 Å². The Bertz CT molecular complexity index is 1320. The second-order valence-electron chi connectivity index (χ2n) is 9.09. The maximum Gasteiger partial charge on any atom is 0.409 e. The Hall–Kier alpha value is -3.55. The lowest BCUT2D eigenvalue weighted by Crippen LogP contribution is -2.39. The number of primary amides is 1. The number of ether oxygens (including phenoxy) is 2. The molecule has 1 unspecified atom stereocenters. The van der Waals surface area contributed by atoms with E-state index < -0.39 is 6.09 Å². The molecule has 186 valence electrons. The van der Waals surface area contributed by atoms with E-state index in [0.717, 1.165) is 52.7 Å². The van der Waals surface area contributed by atoms with Crippen LogP contribution in [0.15, 0.2) is 66.7 Å². The molecule has 0 aliphatic carbocycles. The Labute approximate surface area is 215 Å². The van der Waals surface area contributed by atoms with Crippen molar-refractivity contribution in [3.8, 4) is 22.9 Å². The number of amides is 1. The van der Waals surface area contributed by atoms with Crippen LogP contribution in [-0.4, -0.2) is 40.2 Å². The van der Waals surface area contributed by atoms with Gasteiger partial charge in [-0.25, -0.2) is 9.78 Å². The maximum absolute atomic E-state index is 11.0. The van der Waals surface area contributed by atoms with E-state index in [2.05, 4.69) is 27.0 Å². The van der Waals surface area contributed by atoms with Gasteiger partial charge in [0.15, 0.2) is 0 Å². The van der Waals surface area contributed by atoms with E-state index in [-0.39, 0.29) is 0 Å². The summed E-state index contributed by atoms with van der Waals surface area (Å²) in [5.41, 5.74) is 8.87. The lowest BCUT2D eigenvalue weighted by atomic mass is 9.99. The van der Waals surface area contributed by atoms with Gasteiger partial charge in [0.1, 0.15) is 17.3 Å². The molecule has 0 bridgehead atoms. The van der Waals surface area contributed by atoms with E-state index in [1.165, 1.54) is 24.8 Å². The van der Waals surface area contributed by atoms with Gasteiger partial charge < -0.3 is 20.2 Å². The summed E-state index contributed by atoms with van der Waals surface area (Å²) in [4.78, 5) is 21.4. The molecule has 1 aromatic heterocycles. The van der Waals surface area contributed by atoms with Gasteiger partial charge >= 0.3 is 6.09 Å². The number of nitrogens with two attached hydrogens (primary N) is 1. The number of nitrogens with zero attached hydrogens (tertiary/aromatic N) is 2. The zero-order valence-corrected chi connectivity index (χ0v) is 20.7. The number of benzene rings is 3. The van der Waals surface area contributed by atoms with Crippen LogP contribution >= 0.6 is 11.6 Å². The summed E-state index contributed by atoms with van der Waals surface area (Å²) in [7, 11) is 0. The standard InChI is InChI=1S/C28H29ClN4O3/c29-21-8-4-19(5-9-21)18-33-15-2-1-3-22(33)14-16-35-23-10-6-20(7-11-23)27-31-25-13-12-24(36-28(30)34)17-26(25)32-27/h4-13,17,22H,1-3,14-16,18H2,(H2,30,34)(H,31,32). The molecule has 1 fully saturated rings. The first-order valence-electron chi connectivity index (χ1n) is 12.2. The number of fused-ring (bicyclic) bond motifs is 1. The smallest absolute Gasteiger partial charge is 0.409 e. The molecule has 0 radical (unpaired) electrons. The second-order valence-corrected chi connectivity index (χ2v) is 9.53. The van der Waals surface area contributed by atoms with Crippen LogP contribution < -0.4 is 15.2 Å². The summed E-state index contributed by atoms with van der Waals surface area (Å²) in [5.74, 6) is 1.94. The van der Waals surface area contributed by atoms with Gasteiger partial charge in [-0.3, -0.25) is 4.90 Å². The molecule has 0 saturated carbocycles. The van der Waals surface area contributed by atoms with Crippen molar-refractivity contribution in [2.75, 3.05) is 13.2 Å². The predicted molar refractivity (Wildman–Crippen MR) is 141 cm³/mol.